The van der Waals surface area contributed by atoms with Crippen molar-refractivity contribution < 1.29 is 18.3 Å². The van der Waals surface area contributed by atoms with E-state index in [4.69, 9.17) is 9.15 Å². The smallest absolute Gasteiger partial charge is 0.220 e. The second-order valence-electron chi connectivity index (χ2n) is 6.31. The van der Waals surface area contributed by atoms with Crippen molar-refractivity contribution in [2.75, 3.05) is 6.61 Å². The Morgan fingerprint density at radius 2 is 1.89 bits per heavy atom. The highest BCUT2D eigenvalue weighted by Gasteiger charge is 2.10. The minimum atomic E-state index is -0.303. The number of carbonyl (C=O) groups excluding carboxylic acids is 1. The molecule has 1 aromatic heterocycles. The first-order valence-corrected chi connectivity index (χ1v) is 9.27. The van der Waals surface area contributed by atoms with Crippen molar-refractivity contribution in [1.29, 1.82) is 0 Å². The van der Waals surface area contributed by atoms with Crippen LogP contribution in [0.3, 0.4) is 0 Å². The summed E-state index contributed by atoms with van der Waals surface area (Å²) in [6, 6.07) is 13.9. The maximum Gasteiger partial charge on any atom is 0.220 e. The van der Waals surface area contributed by atoms with Gasteiger partial charge in [-0.1, -0.05) is 24.3 Å². The van der Waals surface area contributed by atoms with E-state index in [1.165, 1.54) is 12.1 Å². The number of benzene rings is 2. The predicted molar refractivity (Wildman–Crippen MR) is 104 cm³/mol. The molecule has 0 bridgehead atoms. The van der Waals surface area contributed by atoms with Crippen LogP contribution in [0.1, 0.15) is 30.4 Å². The van der Waals surface area contributed by atoms with Gasteiger partial charge in [-0.05, 0) is 42.3 Å². The number of amides is 1. The fraction of sp³-hybridized carbons (Fsp3) is 0.273. The van der Waals surface area contributed by atoms with Gasteiger partial charge in [0.05, 0.1) is 12.8 Å². The largest absolute Gasteiger partial charge is 0.441 e. The molecule has 0 atom stereocenters. The van der Waals surface area contributed by atoms with Crippen molar-refractivity contribution in [1.82, 2.24) is 10.3 Å². The Morgan fingerprint density at radius 3 is 2.64 bits per heavy atom. The summed E-state index contributed by atoms with van der Waals surface area (Å²) < 4.78 is 24.1. The van der Waals surface area contributed by atoms with Crippen LogP contribution >= 0.6 is 0 Å². The lowest BCUT2D eigenvalue weighted by Crippen LogP contribution is -2.23. The highest BCUT2D eigenvalue weighted by atomic mass is 19.1. The van der Waals surface area contributed by atoms with Gasteiger partial charge < -0.3 is 14.5 Å². The van der Waals surface area contributed by atoms with Crippen LogP contribution in [-0.4, -0.2) is 17.5 Å². The van der Waals surface area contributed by atoms with E-state index in [9.17, 15) is 9.18 Å². The average Bonchev–Trinajstić information content (AvgIpc) is 3.19. The molecular weight excluding hydrogens is 359 g/mol. The molecule has 1 heterocycles. The summed E-state index contributed by atoms with van der Waals surface area (Å²) >= 11 is 0. The maximum atomic E-state index is 13.0. The van der Waals surface area contributed by atoms with Gasteiger partial charge in [0, 0.05) is 31.6 Å². The molecule has 0 aliphatic heterocycles. The molecule has 28 heavy (non-hydrogen) atoms. The number of carbonyl (C=O) groups is 1. The Balaban J connectivity index is 1.49. The molecule has 1 N–H and O–H groups in total. The number of hydrogen-bond donors (Lipinski definition) is 1. The molecule has 0 radical (unpaired) electrons. The molecule has 6 heteroatoms. The molecule has 0 unspecified atom stereocenters. The van der Waals surface area contributed by atoms with Crippen LogP contribution in [0.25, 0.3) is 11.3 Å². The zero-order chi connectivity index (χ0) is 19.8. The Bertz CT molecular complexity index is 906. The molecule has 3 rings (SSSR count). The van der Waals surface area contributed by atoms with E-state index in [0.717, 1.165) is 16.7 Å². The van der Waals surface area contributed by atoms with E-state index in [-0.39, 0.29) is 18.1 Å². The Morgan fingerprint density at radius 1 is 1.14 bits per heavy atom. The average molecular weight is 382 g/mol. The first-order chi connectivity index (χ1) is 13.7. The zero-order valence-corrected chi connectivity index (χ0v) is 15.8. The lowest BCUT2D eigenvalue weighted by Gasteiger charge is -2.10. The van der Waals surface area contributed by atoms with Gasteiger partial charge >= 0.3 is 0 Å². The lowest BCUT2D eigenvalue weighted by atomic mass is 10.1. The minimum absolute atomic E-state index is 0.0762. The van der Waals surface area contributed by atoms with Gasteiger partial charge in [0.15, 0.2) is 11.7 Å². The molecule has 1 amide bonds. The van der Waals surface area contributed by atoms with Crippen LogP contribution in [-0.2, 0) is 29.1 Å². The summed E-state index contributed by atoms with van der Waals surface area (Å²) in [4.78, 5) is 16.4. The number of halogens is 1. The van der Waals surface area contributed by atoms with Crippen molar-refractivity contribution in [3.8, 4) is 11.3 Å². The number of nitrogens with zero attached hydrogens (tertiary/aromatic N) is 1. The number of oxazole rings is 1. The summed E-state index contributed by atoms with van der Waals surface area (Å²) in [6.07, 6.45) is 2.26. The van der Waals surface area contributed by atoms with Gasteiger partial charge in [0.1, 0.15) is 5.82 Å². The Kier molecular flexibility index (Phi) is 6.92. The molecule has 0 aliphatic carbocycles. The normalized spacial score (nSPS) is 10.8. The van der Waals surface area contributed by atoms with Gasteiger partial charge in [-0.15, -0.1) is 0 Å². The first kappa shape index (κ1) is 19.8. The highest BCUT2D eigenvalue weighted by Crippen LogP contribution is 2.21. The van der Waals surface area contributed by atoms with Gasteiger partial charge in [-0.25, -0.2) is 9.37 Å². The SMILES string of the molecule is CCOCc1ccccc1CNC(=O)CCc1ncc(-c2ccc(F)cc2)o1. The number of ether oxygens (including phenoxy) is 1. The van der Waals surface area contributed by atoms with Gasteiger partial charge in [0.2, 0.25) is 5.91 Å². The molecule has 2 aromatic carbocycles. The van der Waals surface area contributed by atoms with Crippen molar-refractivity contribution in [2.45, 2.75) is 32.9 Å². The molecule has 0 saturated carbocycles. The third kappa shape index (κ3) is 5.50. The second kappa shape index (κ2) is 9.80. The van der Waals surface area contributed by atoms with Crippen molar-refractivity contribution in [3.05, 3.63) is 77.6 Å². The van der Waals surface area contributed by atoms with Crippen molar-refractivity contribution in [2.24, 2.45) is 0 Å². The predicted octanol–water partition coefficient (Wildman–Crippen LogP) is 4.27. The third-order valence-electron chi connectivity index (χ3n) is 4.30. The molecule has 5 nitrogen and oxygen atoms in total. The van der Waals surface area contributed by atoms with E-state index >= 15 is 0 Å². The van der Waals surface area contributed by atoms with Crippen LogP contribution in [0.15, 0.2) is 59.1 Å². The fourth-order valence-electron chi connectivity index (χ4n) is 2.76. The standard InChI is InChI=1S/C22H23FN2O3/c1-2-27-15-18-6-4-3-5-17(18)13-24-21(26)11-12-22-25-14-20(28-22)16-7-9-19(23)10-8-16/h3-10,14H,2,11-13,15H2,1H3,(H,24,26). The van der Waals surface area contributed by atoms with E-state index in [0.29, 0.717) is 37.8 Å². The lowest BCUT2D eigenvalue weighted by molar-refractivity contribution is -0.121. The monoisotopic (exact) mass is 382 g/mol. The van der Waals surface area contributed by atoms with E-state index in [1.54, 1.807) is 18.3 Å². The number of rotatable bonds is 9. The van der Waals surface area contributed by atoms with Crippen LogP contribution in [0.5, 0.6) is 0 Å². The van der Waals surface area contributed by atoms with Crippen LogP contribution < -0.4 is 5.32 Å². The van der Waals surface area contributed by atoms with E-state index in [1.807, 2.05) is 31.2 Å². The van der Waals surface area contributed by atoms with Gasteiger partial charge in [-0.3, -0.25) is 4.79 Å². The van der Waals surface area contributed by atoms with Crippen molar-refractivity contribution in [3.63, 3.8) is 0 Å². The number of aromatic nitrogens is 1. The third-order valence-corrected chi connectivity index (χ3v) is 4.30. The molecule has 0 fully saturated rings. The Hall–Kier alpha value is -2.99. The van der Waals surface area contributed by atoms with Crippen LogP contribution in [0.2, 0.25) is 0 Å². The molecule has 3 aromatic rings. The minimum Gasteiger partial charge on any atom is -0.441 e. The molecule has 0 spiro atoms. The van der Waals surface area contributed by atoms with Crippen LogP contribution in [0.4, 0.5) is 4.39 Å². The quantitative estimate of drug-likeness (QED) is 0.600. The maximum absolute atomic E-state index is 13.0. The topological polar surface area (TPSA) is 64.4 Å². The van der Waals surface area contributed by atoms with E-state index in [2.05, 4.69) is 10.3 Å². The van der Waals surface area contributed by atoms with Gasteiger partial charge in [0.25, 0.3) is 0 Å². The fourth-order valence-corrected chi connectivity index (χ4v) is 2.76. The number of hydrogen-bond acceptors (Lipinski definition) is 4. The second-order valence-corrected chi connectivity index (χ2v) is 6.31. The highest BCUT2D eigenvalue weighted by molar-refractivity contribution is 5.76. The first-order valence-electron chi connectivity index (χ1n) is 9.27. The van der Waals surface area contributed by atoms with Gasteiger partial charge in [-0.2, -0.15) is 0 Å². The number of nitrogens with one attached hydrogen (secondary N) is 1. The summed E-state index contributed by atoms with van der Waals surface area (Å²) in [5.74, 6) is 0.655. The van der Waals surface area contributed by atoms with Crippen molar-refractivity contribution >= 4 is 5.91 Å². The zero-order valence-electron chi connectivity index (χ0n) is 15.8. The molecule has 146 valence electrons. The molecule has 0 saturated heterocycles. The molecular formula is C22H23FN2O3. The summed E-state index contributed by atoms with van der Waals surface area (Å²) in [5.41, 5.74) is 2.86. The summed E-state index contributed by atoms with van der Waals surface area (Å²) in [7, 11) is 0. The molecule has 0 aliphatic rings. The van der Waals surface area contributed by atoms with Crippen LogP contribution in [0, 0.1) is 5.82 Å². The number of aryl methyl sites for hydroxylation is 1. The Labute approximate surface area is 163 Å². The summed E-state index contributed by atoms with van der Waals surface area (Å²) in [6.45, 7) is 3.59. The van der Waals surface area contributed by atoms with E-state index < -0.39 is 0 Å². The summed E-state index contributed by atoms with van der Waals surface area (Å²) in [5, 5.41) is 2.93.